The van der Waals surface area contributed by atoms with Gasteiger partial charge in [0.15, 0.2) is 9.84 Å². The van der Waals surface area contributed by atoms with E-state index >= 15 is 0 Å². The predicted molar refractivity (Wildman–Crippen MR) is 81.8 cm³/mol. The zero-order valence-corrected chi connectivity index (χ0v) is 13.6. The standard InChI is InChI=1S/C13H19NO2S3/c1-9-7-11(10-3-5-17-12(10)18-9)14-13(2)4-6-19(15,16)8-13/h3,5,9,11,14H,4,6-8H2,1-2H3/t9-,11?,13?/m0/s1. The number of fused-ring (bicyclic) bond motifs is 1. The summed E-state index contributed by atoms with van der Waals surface area (Å²) in [6.45, 7) is 4.30. The lowest BCUT2D eigenvalue weighted by Crippen LogP contribution is -2.46. The van der Waals surface area contributed by atoms with Gasteiger partial charge < -0.3 is 5.32 Å². The fourth-order valence-electron chi connectivity index (χ4n) is 3.03. The van der Waals surface area contributed by atoms with Crippen molar-refractivity contribution in [2.24, 2.45) is 0 Å². The molecule has 0 radical (unpaired) electrons. The third-order valence-corrected chi connectivity index (χ3v) is 8.18. The molecule has 1 saturated heterocycles. The Morgan fingerprint density at radius 1 is 1.47 bits per heavy atom. The molecule has 3 nitrogen and oxygen atoms in total. The number of hydrogen-bond donors (Lipinski definition) is 1. The molecule has 0 saturated carbocycles. The molecule has 2 aliphatic rings. The highest BCUT2D eigenvalue weighted by atomic mass is 32.2. The minimum absolute atomic E-state index is 0.259. The molecule has 0 aromatic carbocycles. The van der Waals surface area contributed by atoms with Crippen LogP contribution in [0.15, 0.2) is 15.7 Å². The number of thioether (sulfide) groups is 1. The first-order valence-electron chi connectivity index (χ1n) is 6.59. The Hall–Kier alpha value is -0.0400. The van der Waals surface area contributed by atoms with Crippen LogP contribution in [-0.4, -0.2) is 30.7 Å². The second kappa shape index (κ2) is 4.76. The van der Waals surface area contributed by atoms with Gasteiger partial charge in [-0.15, -0.1) is 23.1 Å². The van der Waals surface area contributed by atoms with Crippen molar-refractivity contribution in [2.75, 3.05) is 11.5 Å². The van der Waals surface area contributed by atoms with Crippen LogP contribution in [0.4, 0.5) is 0 Å². The molecule has 1 aromatic heterocycles. The summed E-state index contributed by atoms with van der Waals surface area (Å²) in [5.74, 6) is 0.599. The molecule has 3 atom stereocenters. The molecule has 3 heterocycles. The van der Waals surface area contributed by atoms with Crippen LogP contribution in [0.1, 0.15) is 38.3 Å². The largest absolute Gasteiger partial charge is 0.304 e. The van der Waals surface area contributed by atoms with Crippen molar-refractivity contribution in [3.63, 3.8) is 0 Å². The van der Waals surface area contributed by atoms with Crippen LogP contribution in [0, 0.1) is 0 Å². The van der Waals surface area contributed by atoms with Gasteiger partial charge in [0, 0.05) is 16.8 Å². The van der Waals surface area contributed by atoms with Gasteiger partial charge in [0.2, 0.25) is 0 Å². The van der Waals surface area contributed by atoms with Crippen LogP contribution >= 0.6 is 23.1 Å². The topological polar surface area (TPSA) is 46.2 Å². The average Bonchev–Trinajstić information content (AvgIpc) is 2.83. The summed E-state index contributed by atoms with van der Waals surface area (Å²) in [4.78, 5) is 0. The second-order valence-corrected chi connectivity index (χ2v) is 10.7. The number of thiophene rings is 1. The van der Waals surface area contributed by atoms with Gasteiger partial charge >= 0.3 is 0 Å². The Morgan fingerprint density at radius 2 is 2.26 bits per heavy atom. The minimum atomic E-state index is -2.85. The summed E-state index contributed by atoms with van der Waals surface area (Å²) in [7, 11) is -2.85. The molecule has 0 bridgehead atoms. The number of hydrogen-bond acceptors (Lipinski definition) is 5. The van der Waals surface area contributed by atoms with E-state index in [9.17, 15) is 8.42 Å². The van der Waals surface area contributed by atoms with Gasteiger partial charge in [0.05, 0.1) is 15.7 Å². The van der Waals surface area contributed by atoms with Crippen LogP contribution in [0.25, 0.3) is 0 Å². The fourth-order valence-corrected chi connectivity index (χ4v) is 7.70. The highest BCUT2D eigenvalue weighted by Crippen LogP contribution is 2.44. The average molecular weight is 318 g/mol. The summed E-state index contributed by atoms with van der Waals surface area (Å²) >= 11 is 3.73. The van der Waals surface area contributed by atoms with Crippen molar-refractivity contribution < 1.29 is 8.42 Å². The second-order valence-electron chi connectivity index (χ2n) is 5.93. The Balaban J connectivity index is 1.81. The van der Waals surface area contributed by atoms with Gasteiger partial charge in [0.1, 0.15) is 0 Å². The van der Waals surface area contributed by atoms with E-state index in [2.05, 4.69) is 30.6 Å². The molecule has 2 aliphatic heterocycles. The van der Waals surface area contributed by atoms with Gasteiger partial charge in [-0.2, -0.15) is 0 Å². The van der Waals surface area contributed by atoms with Crippen LogP contribution in [0.5, 0.6) is 0 Å². The molecular formula is C13H19NO2S3. The van der Waals surface area contributed by atoms with E-state index < -0.39 is 9.84 Å². The third-order valence-electron chi connectivity index (χ3n) is 3.94. The highest BCUT2D eigenvalue weighted by Gasteiger charge is 2.41. The number of rotatable bonds is 2. The van der Waals surface area contributed by atoms with Crippen LogP contribution in [-0.2, 0) is 9.84 Å². The fraction of sp³-hybridized carbons (Fsp3) is 0.692. The van der Waals surface area contributed by atoms with Crippen molar-refractivity contribution in [3.8, 4) is 0 Å². The Morgan fingerprint density at radius 3 is 2.95 bits per heavy atom. The van der Waals surface area contributed by atoms with Gasteiger partial charge in [-0.05, 0) is 36.8 Å². The van der Waals surface area contributed by atoms with Crippen LogP contribution in [0.2, 0.25) is 0 Å². The van der Waals surface area contributed by atoms with Crippen molar-refractivity contribution in [2.45, 2.75) is 47.7 Å². The minimum Gasteiger partial charge on any atom is -0.304 e. The van der Waals surface area contributed by atoms with Crippen LogP contribution < -0.4 is 5.32 Å². The molecule has 6 heteroatoms. The summed E-state index contributed by atoms with van der Waals surface area (Å²) < 4.78 is 24.8. The lowest BCUT2D eigenvalue weighted by Gasteiger charge is -2.34. The van der Waals surface area contributed by atoms with Crippen molar-refractivity contribution in [1.82, 2.24) is 5.32 Å². The first-order chi connectivity index (χ1) is 8.87. The lowest BCUT2D eigenvalue weighted by atomic mass is 9.96. The molecule has 1 fully saturated rings. The summed E-state index contributed by atoms with van der Waals surface area (Å²) in [6, 6.07) is 2.49. The highest BCUT2D eigenvalue weighted by molar-refractivity contribution is 8.01. The predicted octanol–water partition coefficient (Wildman–Crippen LogP) is 2.84. The van der Waals surface area contributed by atoms with Crippen molar-refractivity contribution in [1.29, 1.82) is 0 Å². The van der Waals surface area contributed by atoms with E-state index in [-0.39, 0.29) is 11.3 Å². The Kier molecular flexibility index (Phi) is 3.48. The summed E-state index contributed by atoms with van der Waals surface area (Å²) in [5.41, 5.74) is 1.10. The molecule has 1 N–H and O–H groups in total. The summed E-state index contributed by atoms with van der Waals surface area (Å²) in [5, 5.41) is 6.36. The van der Waals surface area contributed by atoms with Gasteiger partial charge in [-0.25, -0.2) is 8.42 Å². The smallest absolute Gasteiger partial charge is 0.152 e. The van der Waals surface area contributed by atoms with E-state index in [1.807, 2.05) is 11.8 Å². The Labute approximate surface area is 123 Å². The molecule has 0 amide bonds. The molecule has 19 heavy (non-hydrogen) atoms. The van der Waals surface area contributed by atoms with Gasteiger partial charge in [0.25, 0.3) is 0 Å². The Bertz CT molecular complexity index is 580. The quantitative estimate of drug-likeness (QED) is 0.911. The first-order valence-corrected chi connectivity index (χ1v) is 10.2. The van der Waals surface area contributed by atoms with E-state index in [4.69, 9.17) is 0 Å². The molecular weight excluding hydrogens is 298 g/mol. The first kappa shape index (κ1) is 13.9. The van der Waals surface area contributed by atoms with E-state index in [1.54, 1.807) is 11.3 Å². The van der Waals surface area contributed by atoms with Crippen molar-refractivity contribution in [3.05, 3.63) is 17.0 Å². The lowest BCUT2D eigenvalue weighted by molar-refractivity contribution is 0.328. The number of nitrogens with one attached hydrogen (secondary N) is 1. The maximum absolute atomic E-state index is 11.7. The third kappa shape index (κ3) is 2.86. The molecule has 3 rings (SSSR count). The SMILES string of the molecule is C[C@H]1CC(NC2(C)CCS(=O)(=O)C2)c2ccsc2S1. The molecule has 0 aliphatic carbocycles. The molecule has 0 spiro atoms. The normalized spacial score (nSPS) is 37.2. The zero-order valence-electron chi connectivity index (χ0n) is 11.2. The van der Waals surface area contributed by atoms with Gasteiger partial charge in [-0.1, -0.05) is 6.92 Å². The maximum atomic E-state index is 11.7. The van der Waals surface area contributed by atoms with Gasteiger partial charge in [-0.3, -0.25) is 0 Å². The van der Waals surface area contributed by atoms with E-state index in [0.29, 0.717) is 17.0 Å². The van der Waals surface area contributed by atoms with E-state index in [1.165, 1.54) is 9.77 Å². The monoisotopic (exact) mass is 317 g/mol. The number of sulfone groups is 1. The van der Waals surface area contributed by atoms with Crippen LogP contribution in [0.3, 0.4) is 0 Å². The summed E-state index contributed by atoms with van der Waals surface area (Å²) in [6.07, 6.45) is 1.80. The molecule has 2 unspecified atom stereocenters. The maximum Gasteiger partial charge on any atom is 0.152 e. The molecule has 106 valence electrons. The molecule has 1 aromatic rings. The van der Waals surface area contributed by atoms with E-state index in [0.717, 1.165) is 12.8 Å². The van der Waals surface area contributed by atoms with Crippen molar-refractivity contribution >= 4 is 32.9 Å². The zero-order chi connectivity index (χ0) is 13.7.